The second kappa shape index (κ2) is 11.9. The summed E-state index contributed by atoms with van der Waals surface area (Å²) in [5, 5.41) is 0. The molecule has 0 bridgehead atoms. The van der Waals surface area contributed by atoms with E-state index in [2.05, 4.69) is 146 Å². The molecule has 2 aliphatic rings. The van der Waals surface area contributed by atoms with Crippen LogP contribution in [0.25, 0.3) is 22.4 Å². The van der Waals surface area contributed by atoms with Gasteiger partial charge in [0.05, 0.1) is 0 Å². The van der Waals surface area contributed by atoms with E-state index < -0.39 is 0 Å². The Labute approximate surface area is 268 Å². The van der Waals surface area contributed by atoms with Crippen LogP contribution < -0.4 is 4.58 Å². The van der Waals surface area contributed by atoms with Gasteiger partial charge in [0, 0.05) is 55.7 Å². The van der Waals surface area contributed by atoms with Crippen LogP contribution in [0.4, 0.5) is 17.1 Å². The summed E-state index contributed by atoms with van der Waals surface area (Å²) in [5.41, 5.74) is 13.9. The van der Waals surface area contributed by atoms with Gasteiger partial charge in [-0.2, -0.15) is 6.07 Å². The van der Waals surface area contributed by atoms with Gasteiger partial charge in [0.15, 0.2) is 6.04 Å². The molecule has 43 heavy (non-hydrogen) atoms. The monoisotopic (exact) mass is 741 g/mol. The zero-order valence-electron chi connectivity index (χ0n) is 25.8. The molecule has 1 radical (unpaired) electrons. The largest absolute Gasteiger partial charge is 0.494 e. The average molecular weight is 741 g/mol. The number of hydrogen-bond donors (Lipinski definition) is 0. The molecule has 5 heteroatoms. The Hall–Kier alpha value is -4.01. The number of para-hydroxylation sites is 2. The summed E-state index contributed by atoms with van der Waals surface area (Å²) in [7, 11) is 0. The number of aryl methyl sites for hydroxylation is 3. The number of benzene rings is 3. The first-order valence-electron chi connectivity index (χ1n) is 14.5. The van der Waals surface area contributed by atoms with Crippen LogP contribution in [0.15, 0.2) is 85.2 Å². The molecule has 5 aromatic rings. The first kappa shape index (κ1) is 30.4. The third-order valence-electron chi connectivity index (χ3n) is 8.26. The van der Waals surface area contributed by atoms with Crippen LogP contribution in [-0.2, 0) is 25.5 Å². The van der Waals surface area contributed by atoms with E-state index in [4.69, 9.17) is 0 Å². The Bertz CT molecular complexity index is 1890. The molecule has 217 valence electrons. The van der Waals surface area contributed by atoms with Crippen molar-refractivity contribution in [3.63, 3.8) is 0 Å². The van der Waals surface area contributed by atoms with E-state index >= 15 is 0 Å². The van der Waals surface area contributed by atoms with Crippen molar-refractivity contribution in [2.75, 3.05) is 0 Å². The van der Waals surface area contributed by atoms with E-state index in [0.717, 1.165) is 28.3 Å². The fourth-order valence-corrected chi connectivity index (χ4v) is 5.68. The number of nitrogens with zero attached hydrogens (tertiary/aromatic N) is 4. The van der Waals surface area contributed by atoms with Gasteiger partial charge in [-0.1, -0.05) is 71.4 Å². The predicted octanol–water partition coefficient (Wildman–Crippen LogP) is 8.73. The molecule has 1 aliphatic carbocycles. The molecule has 3 aromatic carbocycles. The maximum atomic E-state index is 4.67. The fraction of sp³-hybridized carbons (Fsp3) is 0.237. The summed E-state index contributed by atoms with van der Waals surface area (Å²) >= 11 is 0. The van der Waals surface area contributed by atoms with E-state index in [1.165, 1.54) is 39.1 Å². The van der Waals surface area contributed by atoms with Crippen molar-refractivity contribution >= 4 is 23.1 Å². The van der Waals surface area contributed by atoms with Crippen molar-refractivity contribution in [1.29, 1.82) is 0 Å². The molecular weight excluding hydrogens is 705 g/mol. The van der Waals surface area contributed by atoms with Crippen LogP contribution in [0.1, 0.15) is 55.6 Å². The summed E-state index contributed by atoms with van der Waals surface area (Å²) < 4.78 is 4.32. The second-order valence-corrected chi connectivity index (χ2v) is 12.0. The third kappa shape index (κ3) is 5.57. The van der Waals surface area contributed by atoms with Crippen LogP contribution in [0.3, 0.4) is 0 Å². The summed E-state index contributed by atoms with van der Waals surface area (Å²) in [4.78, 5) is 9.08. The van der Waals surface area contributed by atoms with Gasteiger partial charge < -0.3 is 4.98 Å². The van der Waals surface area contributed by atoms with Gasteiger partial charge in [-0.3, -0.25) is 4.98 Å². The van der Waals surface area contributed by atoms with E-state index in [1.54, 1.807) is 0 Å². The first-order valence-corrected chi connectivity index (χ1v) is 14.5. The van der Waals surface area contributed by atoms with Gasteiger partial charge in [0.2, 0.25) is 0 Å². The molecule has 0 unspecified atom stereocenters. The predicted molar refractivity (Wildman–Crippen MR) is 171 cm³/mol. The SMILES string of the molecule is CC(C)[N+]1=C=[N+](c2[c-]cc3c(c2)C(C)(C)c2ncccc2-3)c2ccccc21.Cc1c[c-]c(-c2cc(C)c(C)cn2)cc1.[Ir]. The Balaban J connectivity index is 0.000000197. The van der Waals surface area contributed by atoms with E-state index in [9.17, 15) is 0 Å². The molecule has 0 atom stereocenters. The fourth-order valence-electron chi connectivity index (χ4n) is 5.68. The number of pyridine rings is 2. The van der Waals surface area contributed by atoms with Crippen molar-refractivity contribution < 1.29 is 24.7 Å². The first-order chi connectivity index (χ1) is 20.1. The molecule has 0 amide bonds. The maximum absolute atomic E-state index is 4.67. The van der Waals surface area contributed by atoms with Crippen molar-refractivity contribution in [3.05, 3.63) is 125 Å². The topological polar surface area (TPSA) is 31.8 Å². The molecule has 1 aliphatic heterocycles. The normalized spacial score (nSPS) is 13.6. The zero-order valence-corrected chi connectivity index (χ0v) is 28.2. The van der Waals surface area contributed by atoms with Crippen LogP contribution in [0.5, 0.6) is 0 Å². The standard InChI is InChI=1S/C24H22N3.C14H14N.Ir/c1-16(2)26-15-27(22-10-6-5-9-21(22)26)17-11-12-18-19-8-7-13-25-23(19)24(3,4)20(18)14-17;1-10-4-6-13(7-5-10)14-8-11(2)12(3)9-15-14;/h5-10,12-14,16H,1-4H3;4-6,8-9H,1-3H3;/q+1;-1;. The molecule has 0 N–H and O–H groups in total. The Morgan fingerprint density at radius 1 is 0.814 bits per heavy atom. The minimum absolute atomic E-state index is 0. The maximum Gasteiger partial charge on any atom is 0.494 e. The molecule has 0 spiro atoms. The van der Waals surface area contributed by atoms with Crippen molar-refractivity contribution in [2.45, 2.75) is 59.9 Å². The summed E-state index contributed by atoms with van der Waals surface area (Å²) in [5.74, 6) is 0. The number of fused-ring (bicyclic) bond motifs is 4. The summed E-state index contributed by atoms with van der Waals surface area (Å²) in [6, 6.07) is 35.9. The molecule has 7 rings (SSSR count). The minimum atomic E-state index is -0.118. The Morgan fingerprint density at radius 2 is 1.58 bits per heavy atom. The molecule has 0 saturated heterocycles. The third-order valence-corrected chi connectivity index (χ3v) is 8.26. The smallest absolute Gasteiger partial charge is 0.304 e. The summed E-state index contributed by atoms with van der Waals surface area (Å²) in [6.45, 7) is 15.1. The molecule has 2 aromatic heterocycles. The van der Waals surface area contributed by atoms with E-state index in [1.807, 2.05) is 24.5 Å². The van der Waals surface area contributed by atoms with Crippen molar-refractivity contribution in [3.8, 4) is 22.4 Å². The van der Waals surface area contributed by atoms with Gasteiger partial charge >= 0.3 is 6.01 Å². The average Bonchev–Trinajstić information content (AvgIpc) is 3.49. The van der Waals surface area contributed by atoms with E-state index in [0.29, 0.717) is 6.04 Å². The minimum Gasteiger partial charge on any atom is -0.304 e. The van der Waals surface area contributed by atoms with Gasteiger partial charge in [-0.15, -0.1) is 52.6 Å². The molecule has 0 fully saturated rings. The molecule has 3 heterocycles. The van der Waals surface area contributed by atoms with E-state index in [-0.39, 0.29) is 25.5 Å². The second-order valence-electron chi connectivity index (χ2n) is 12.0. The summed E-state index contributed by atoms with van der Waals surface area (Å²) in [6.07, 6.45) is 3.80. The van der Waals surface area contributed by atoms with Crippen LogP contribution in [0.2, 0.25) is 0 Å². The number of aromatic nitrogens is 2. The Morgan fingerprint density at radius 3 is 2.28 bits per heavy atom. The van der Waals surface area contributed by atoms with Crippen LogP contribution >= 0.6 is 0 Å². The van der Waals surface area contributed by atoms with Gasteiger partial charge in [-0.05, 0) is 45.0 Å². The Kier molecular flexibility index (Phi) is 8.45. The zero-order chi connectivity index (χ0) is 29.6. The quantitative estimate of drug-likeness (QED) is 0.137. The van der Waals surface area contributed by atoms with Crippen LogP contribution in [0, 0.1) is 32.9 Å². The van der Waals surface area contributed by atoms with Gasteiger partial charge in [-0.25, -0.2) is 0 Å². The van der Waals surface area contributed by atoms with Gasteiger partial charge in [0.1, 0.15) is 5.69 Å². The molecule has 0 saturated carbocycles. The van der Waals surface area contributed by atoms with Crippen molar-refractivity contribution in [2.24, 2.45) is 0 Å². The number of hydrogen-bond acceptors (Lipinski definition) is 2. The molecular formula is C38H36IrN4. The molecule has 4 nitrogen and oxygen atoms in total. The van der Waals surface area contributed by atoms with Crippen molar-refractivity contribution in [1.82, 2.24) is 14.5 Å². The van der Waals surface area contributed by atoms with Gasteiger partial charge in [0.25, 0.3) is 11.4 Å². The number of rotatable bonds is 3. The van der Waals surface area contributed by atoms with Crippen LogP contribution in [-0.4, -0.2) is 26.6 Å².